The first-order chi connectivity index (χ1) is 7.90. The maximum atomic E-state index is 3.63. The molecular formula is C13H21NS2. The highest BCUT2D eigenvalue weighted by molar-refractivity contribution is 7.99. The summed E-state index contributed by atoms with van der Waals surface area (Å²) < 4.78 is 0. The molecule has 1 aliphatic heterocycles. The van der Waals surface area contributed by atoms with Gasteiger partial charge in [0.05, 0.1) is 0 Å². The van der Waals surface area contributed by atoms with Gasteiger partial charge >= 0.3 is 0 Å². The van der Waals surface area contributed by atoms with Crippen molar-refractivity contribution in [3.63, 3.8) is 0 Å². The van der Waals surface area contributed by atoms with E-state index in [2.05, 4.69) is 40.8 Å². The van der Waals surface area contributed by atoms with Gasteiger partial charge in [-0.25, -0.2) is 0 Å². The van der Waals surface area contributed by atoms with Crippen molar-refractivity contribution in [1.82, 2.24) is 5.32 Å². The van der Waals surface area contributed by atoms with Crippen LogP contribution in [0.1, 0.15) is 37.8 Å². The predicted molar refractivity (Wildman–Crippen MR) is 75.4 cm³/mol. The monoisotopic (exact) mass is 255 g/mol. The lowest BCUT2D eigenvalue weighted by atomic mass is 9.92. The topological polar surface area (TPSA) is 12.0 Å². The molecule has 0 spiro atoms. The van der Waals surface area contributed by atoms with Crippen molar-refractivity contribution in [3.05, 3.63) is 22.4 Å². The first kappa shape index (κ1) is 12.5. The Morgan fingerprint density at radius 3 is 2.88 bits per heavy atom. The molecule has 1 saturated heterocycles. The summed E-state index contributed by atoms with van der Waals surface area (Å²) in [6.45, 7) is 3.28. The average Bonchev–Trinajstić information content (AvgIpc) is 2.83. The summed E-state index contributed by atoms with van der Waals surface area (Å²) in [7, 11) is 0. The van der Waals surface area contributed by atoms with E-state index in [9.17, 15) is 0 Å². The Hall–Kier alpha value is 0.01000. The maximum Gasteiger partial charge on any atom is 0.0331 e. The van der Waals surface area contributed by atoms with E-state index in [4.69, 9.17) is 0 Å². The summed E-state index contributed by atoms with van der Waals surface area (Å²) in [5.74, 6) is 3.67. The number of thiophene rings is 1. The molecule has 16 heavy (non-hydrogen) atoms. The van der Waals surface area contributed by atoms with Crippen molar-refractivity contribution < 1.29 is 0 Å². The normalized spacial score (nSPS) is 19.8. The Balaban J connectivity index is 1.91. The first-order valence-electron chi connectivity index (χ1n) is 6.23. The van der Waals surface area contributed by atoms with Gasteiger partial charge in [-0.2, -0.15) is 23.1 Å². The third-order valence-electron chi connectivity index (χ3n) is 3.31. The maximum absolute atomic E-state index is 3.63. The van der Waals surface area contributed by atoms with Crippen LogP contribution in [-0.2, 0) is 0 Å². The first-order valence-corrected chi connectivity index (χ1v) is 8.33. The molecule has 2 rings (SSSR count). The van der Waals surface area contributed by atoms with Crippen molar-refractivity contribution in [2.24, 2.45) is 5.92 Å². The SMILES string of the molecule is CCNC(CC1CCSCC1)c1ccsc1. The molecule has 0 aliphatic carbocycles. The molecule has 1 unspecified atom stereocenters. The zero-order valence-corrected chi connectivity index (χ0v) is 11.6. The van der Waals surface area contributed by atoms with Gasteiger partial charge in [0, 0.05) is 6.04 Å². The minimum absolute atomic E-state index is 0.587. The lowest BCUT2D eigenvalue weighted by molar-refractivity contribution is 0.375. The lowest BCUT2D eigenvalue weighted by Crippen LogP contribution is -2.24. The predicted octanol–water partition coefficient (Wildman–Crippen LogP) is 3.93. The van der Waals surface area contributed by atoms with Crippen LogP contribution in [0.2, 0.25) is 0 Å². The average molecular weight is 255 g/mol. The highest BCUT2D eigenvalue weighted by Gasteiger charge is 2.19. The molecular weight excluding hydrogens is 234 g/mol. The second-order valence-corrected chi connectivity index (χ2v) is 6.46. The zero-order chi connectivity index (χ0) is 11.2. The lowest BCUT2D eigenvalue weighted by Gasteiger charge is -2.26. The van der Waals surface area contributed by atoms with Crippen molar-refractivity contribution in [1.29, 1.82) is 0 Å². The summed E-state index contributed by atoms with van der Waals surface area (Å²) >= 11 is 3.93. The Morgan fingerprint density at radius 1 is 1.44 bits per heavy atom. The van der Waals surface area contributed by atoms with Crippen LogP contribution in [0.3, 0.4) is 0 Å². The van der Waals surface area contributed by atoms with Gasteiger partial charge in [-0.3, -0.25) is 0 Å². The molecule has 0 bridgehead atoms. The van der Waals surface area contributed by atoms with E-state index in [-0.39, 0.29) is 0 Å². The summed E-state index contributed by atoms with van der Waals surface area (Å²) in [4.78, 5) is 0. The van der Waals surface area contributed by atoms with Gasteiger partial charge in [0.25, 0.3) is 0 Å². The molecule has 1 atom stereocenters. The van der Waals surface area contributed by atoms with Crippen LogP contribution in [-0.4, -0.2) is 18.1 Å². The van der Waals surface area contributed by atoms with Crippen LogP contribution >= 0.6 is 23.1 Å². The minimum Gasteiger partial charge on any atom is -0.310 e. The van der Waals surface area contributed by atoms with Crippen molar-refractivity contribution in [2.45, 2.75) is 32.2 Å². The molecule has 2 heterocycles. The number of rotatable bonds is 5. The van der Waals surface area contributed by atoms with Crippen LogP contribution in [0.15, 0.2) is 16.8 Å². The summed E-state index contributed by atoms with van der Waals surface area (Å²) in [6, 6.07) is 2.86. The fraction of sp³-hybridized carbons (Fsp3) is 0.692. The molecule has 1 aromatic rings. The van der Waals surface area contributed by atoms with Gasteiger partial charge in [-0.15, -0.1) is 0 Å². The van der Waals surface area contributed by atoms with Gasteiger partial charge in [0.1, 0.15) is 0 Å². The number of nitrogens with one attached hydrogen (secondary N) is 1. The van der Waals surface area contributed by atoms with Crippen LogP contribution < -0.4 is 5.32 Å². The van der Waals surface area contributed by atoms with Crippen molar-refractivity contribution >= 4 is 23.1 Å². The van der Waals surface area contributed by atoms with Crippen LogP contribution in [0.4, 0.5) is 0 Å². The molecule has 3 heteroatoms. The van der Waals surface area contributed by atoms with E-state index >= 15 is 0 Å². The number of hydrogen-bond donors (Lipinski definition) is 1. The smallest absolute Gasteiger partial charge is 0.0331 e. The highest BCUT2D eigenvalue weighted by Crippen LogP contribution is 2.31. The van der Waals surface area contributed by atoms with Crippen LogP contribution in [0.25, 0.3) is 0 Å². The molecule has 0 aromatic carbocycles. The highest BCUT2D eigenvalue weighted by atomic mass is 32.2. The van der Waals surface area contributed by atoms with E-state index in [1.807, 2.05) is 11.3 Å². The Bertz CT molecular complexity index is 278. The number of hydrogen-bond acceptors (Lipinski definition) is 3. The quantitative estimate of drug-likeness (QED) is 0.855. The van der Waals surface area contributed by atoms with Crippen LogP contribution in [0.5, 0.6) is 0 Å². The molecule has 0 amide bonds. The van der Waals surface area contributed by atoms with Gasteiger partial charge in [0.15, 0.2) is 0 Å². The summed E-state index contributed by atoms with van der Waals surface area (Å²) in [5, 5.41) is 8.12. The van der Waals surface area contributed by atoms with Gasteiger partial charge in [-0.1, -0.05) is 6.92 Å². The molecule has 1 N–H and O–H groups in total. The molecule has 90 valence electrons. The Kier molecular flexibility index (Phi) is 5.20. The Labute approximate surface area is 107 Å². The third-order valence-corrected chi connectivity index (χ3v) is 5.06. The molecule has 1 fully saturated rings. The molecule has 0 saturated carbocycles. The van der Waals surface area contributed by atoms with E-state index in [0.29, 0.717) is 6.04 Å². The second-order valence-electron chi connectivity index (χ2n) is 4.46. The Morgan fingerprint density at radius 2 is 2.25 bits per heavy atom. The third kappa shape index (κ3) is 3.51. The van der Waals surface area contributed by atoms with Gasteiger partial charge in [-0.05, 0) is 65.6 Å². The molecule has 1 aliphatic rings. The van der Waals surface area contributed by atoms with E-state index in [0.717, 1.165) is 12.5 Å². The summed E-state index contributed by atoms with van der Waals surface area (Å²) in [6.07, 6.45) is 4.15. The van der Waals surface area contributed by atoms with Crippen LogP contribution in [0, 0.1) is 5.92 Å². The minimum atomic E-state index is 0.587. The van der Waals surface area contributed by atoms with E-state index < -0.39 is 0 Å². The fourth-order valence-corrected chi connectivity index (χ4v) is 4.29. The molecule has 1 nitrogen and oxygen atoms in total. The largest absolute Gasteiger partial charge is 0.310 e. The fourth-order valence-electron chi connectivity index (χ4n) is 2.37. The second kappa shape index (κ2) is 6.67. The van der Waals surface area contributed by atoms with Gasteiger partial charge in [0.2, 0.25) is 0 Å². The molecule has 0 radical (unpaired) electrons. The molecule has 1 aromatic heterocycles. The van der Waals surface area contributed by atoms with Crippen molar-refractivity contribution in [3.8, 4) is 0 Å². The van der Waals surface area contributed by atoms with E-state index in [1.54, 1.807) is 0 Å². The van der Waals surface area contributed by atoms with Crippen molar-refractivity contribution in [2.75, 3.05) is 18.1 Å². The summed E-state index contributed by atoms with van der Waals surface area (Å²) in [5.41, 5.74) is 1.49. The van der Waals surface area contributed by atoms with Gasteiger partial charge < -0.3 is 5.32 Å². The number of thioether (sulfide) groups is 1. The van der Waals surface area contributed by atoms with E-state index in [1.165, 1.54) is 36.3 Å². The standard InChI is InChI=1S/C13H21NS2/c1-2-14-13(12-5-8-16-10-12)9-11-3-6-15-7-4-11/h5,8,10-11,13-14H,2-4,6-7,9H2,1H3. The zero-order valence-electron chi connectivity index (χ0n) is 9.95.